The Morgan fingerprint density at radius 2 is 1.95 bits per heavy atom. The maximum atomic E-state index is 14.3. The molecule has 2 amide bonds. The molecule has 1 aromatic carbocycles. The first-order valence-corrected chi connectivity index (χ1v) is 18.3. The van der Waals surface area contributed by atoms with Gasteiger partial charge in [-0.1, -0.05) is 19.6 Å². The van der Waals surface area contributed by atoms with Crippen molar-refractivity contribution in [1.29, 1.82) is 0 Å². The second-order valence-corrected chi connectivity index (χ2v) is 19.2. The van der Waals surface area contributed by atoms with Crippen LogP contribution in [0.5, 0.6) is 0 Å². The molecular weight excluding hydrogens is 569 g/mol. The van der Waals surface area contributed by atoms with E-state index in [4.69, 9.17) is 24.9 Å². The van der Waals surface area contributed by atoms with E-state index >= 15 is 0 Å². The van der Waals surface area contributed by atoms with Gasteiger partial charge in [-0.3, -0.25) is 9.48 Å². The summed E-state index contributed by atoms with van der Waals surface area (Å²) in [6, 6.07) is 5.53. The van der Waals surface area contributed by atoms with Crippen LogP contribution in [0.15, 0.2) is 30.6 Å². The highest BCUT2D eigenvalue weighted by molar-refractivity contribution is 6.76. The number of fused-ring (bicyclic) bond motifs is 2. The molecule has 5 rings (SSSR count). The molecule has 43 heavy (non-hydrogen) atoms. The zero-order chi connectivity index (χ0) is 31.1. The Labute approximate surface area is 251 Å². The average molecular weight is 610 g/mol. The van der Waals surface area contributed by atoms with Crippen LogP contribution in [0.4, 0.5) is 9.18 Å². The van der Waals surface area contributed by atoms with Gasteiger partial charge >= 0.3 is 6.09 Å². The van der Waals surface area contributed by atoms with Crippen LogP contribution in [0.2, 0.25) is 25.7 Å². The van der Waals surface area contributed by atoms with E-state index in [1.807, 2.05) is 20.8 Å². The number of ether oxygens (including phenoxy) is 1. The Balaban J connectivity index is 1.48. The molecule has 1 fully saturated rings. The Kier molecular flexibility index (Phi) is 8.31. The molecule has 0 radical (unpaired) electrons. The highest BCUT2D eigenvalue weighted by Crippen LogP contribution is 2.30. The number of benzene rings is 1. The minimum absolute atomic E-state index is 0.222. The van der Waals surface area contributed by atoms with Gasteiger partial charge in [0.05, 0.1) is 17.3 Å². The van der Waals surface area contributed by atoms with Crippen LogP contribution in [-0.4, -0.2) is 79.6 Å². The molecule has 2 N–H and O–H groups in total. The number of amides is 2. The fourth-order valence-electron chi connectivity index (χ4n) is 5.10. The zero-order valence-corrected chi connectivity index (χ0v) is 26.6. The lowest BCUT2D eigenvalue weighted by molar-refractivity contribution is 0.0763. The van der Waals surface area contributed by atoms with E-state index in [-0.39, 0.29) is 24.4 Å². The van der Waals surface area contributed by atoms with E-state index in [1.54, 1.807) is 27.7 Å². The van der Waals surface area contributed by atoms with Crippen LogP contribution in [-0.2, 0) is 18.0 Å². The van der Waals surface area contributed by atoms with Gasteiger partial charge in [0.25, 0.3) is 5.91 Å². The molecule has 0 atom stereocenters. The maximum Gasteiger partial charge on any atom is 0.407 e. The average Bonchev–Trinajstić information content (AvgIpc) is 3.41. The standard InChI is InChI=1S/C30H40FN7O4Si/c1-30(2,3)34-28(39)22-17-37(18-42-11-12-43(4,5)6)27-26(22)33-23(14-32-27)25-21-8-7-20(31)13-24(21)38(35-25)10-9-19-15-36(16-19)29(40)41/h7-8,13-14,17,19H,9-12,15-16,18H2,1-6H3,(H,34,39)(H,40,41). The van der Waals surface area contributed by atoms with Gasteiger partial charge in [0.15, 0.2) is 5.65 Å². The van der Waals surface area contributed by atoms with Crippen LogP contribution in [0.1, 0.15) is 37.6 Å². The first-order valence-electron chi connectivity index (χ1n) is 14.6. The monoisotopic (exact) mass is 609 g/mol. The van der Waals surface area contributed by atoms with Gasteiger partial charge in [0.1, 0.15) is 29.5 Å². The van der Waals surface area contributed by atoms with E-state index in [0.717, 1.165) is 6.04 Å². The number of hydrogen-bond acceptors (Lipinski definition) is 6. The summed E-state index contributed by atoms with van der Waals surface area (Å²) in [5.41, 5.74) is 2.50. The minimum Gasteiger partial charge on any atom is -0.465 e. The molecule has 0 bridgehead atoms. The number of carbonyl (C=O) groups excluding carboxylic acids is 1. The third-order valence-electron chi connectivity index (χ3n) is 7.46. The molecule has 1 aliphatic heterocycles. The summed E-state index contributed by atoms with van der Waals surface area (Å²) in [5, 5.41) is 17.7. The Bertz CT molecular complexity index is 1660. The number of nitrogens with one attached hydrogen (secondary N) is 1. The van der Waals surface area contributed by atoms with Crippen molar-refractivity contribution in [2.45, 2.75) is 71.7 Å². The van der Waals surface area contributed by atoms with Crippen molar-refractivity contribution in [3.8, 4) is 11.4 Å². The van der Waals surface area contributed by atoms with Crippen molar-refractivity contribution < 1.29 is 23.8 Å². The highest BCUT2D eigenvalue weighted by atomic mass is 28.3. The molecule has 4 heterocycles. The summed E-state index contributed by atoms with van der Waals surface area (Å²) < 4.78 is 23.9. The second kappa shape index (κ2) is 11.7. The smallest absolute Gasteiger partial charge is 0.407 e. The van der Waals surface area contributed by atoms with Crippen molar-refractivity contribution in [3.05, 3.63) is 42.0 Å². The van der Waals surface area contributed by atoms with Crippen molar-refractivity contribution in [2.24, 2.45) is 5.92 Å². The normalized spacial score (nSPS) is 14.4. The van der Waals surface area contributed by atoms with Crippen molar-refractivity contribution in [3.63, 3.8) is 0 Å². The number of aryl methyl sites for hydroxylation is 1. The van der Waals surface area contributed by atoms with Gasteiger partial charge in [0, 0.05) is 51.4 Å². The molecule has 11 nitrogen and oxygen atoms in total. The highest BCUT2D eigenvalue weighted by Gasteiger charge is 2.30. The van der Waals surface area contributed by atoms with Crippen LogP contribution in [0.25, 0.3) is 33.5 Å². The number of aromatic nitrogens is 5. The Morgan fingerprint density at radius 3 is 2.63 bits per heavy atom. The molecule has 3 aromatic heterocycles. The third kappa shape index (κ3) is 7.04. The van der Waals surface area contributed by atoms with Crippen LogP contribution < -0.4 is 5.32 Å². The van der Waals surface area contributed by atoms with Crippen molar-refractivity contribution in [1.82, 2.24) is 34.5 Å². The summed E-state index contributed by atoms with van der Waals surface area (Å²) in [6.07, 6.45) is 3.15. The van der Waals surface area contributed by atoms with Gasteiger partial charge in [-0.2, -0.15) is 5.10 Å². The minimum atomic E-state index is -1.26. The third-order valence-corrected chi connectivity index (χ3v) is 9.16. The molecule has 0 saturated carbocycles. The summed E-state index contributed by atoms with van der Waals surface area (Å²) in [7, 11) is -1.26. The summed E-state index contributed by atoms with van der Waals surface area (Å²) >= 11 is 0. The van der Waals surface area contributed by atoms with Gasteiger partial charge in [-0.15, -0.1) is 0 Å². The fourth-order valence-corrected chi connectivity index (χ4v) is 5.86. The van der Waals surface area contributed by atoms with Crippen molar-refractivity contribution >= 4 is 42.1 Å². The van der Waals surface area contributed by atoms with Gasteiger partial charge < -0.3 is 24.6 Å². The number of hydrogen-bond donors (Lipinski definition) is 2. The molecule has 1 saturated heterocycles. The van der Waals surface area contributed by atoms with Crippen LogP contribution >= 0.6 is 0 Å². The first kappa shape index (κ1) is 30.6. The summed E-state index contributed by atoms with van der Waals surface area (Å²) in [6.45, 7) is 15.0. The van der Waals surface area contributed by atoms with Gasteiger partial charge in [0.2, 0.25) is 0 Å². The van der Waals surface area contributed by atoms with E-state index in [2.05, 4.69) is 25.0 Å². The predicted octanol–water partition coefficient (Wildman–Crippen LogP) is 5.43. The molecule has 0 unspecified atom stereocenters. The second-order valence-electron chi connectivity index (χ2n) is 13.6. The quantitative estimate of drug-likeness (QED) is 0.181. The van der Waals surface area contributed by atoms with E-state index in [9.17, 15) is 14.0 Å². The van der Waals surface area contributed by atoms with E-state index in [1.165, 1.54) is 17.0 Å². The number of likely N-dealkylation sites (tertiary alicyclic amines) is 1. The number of halogens is 1. The number of nitrogens with zero attached hydrogens (tertiary/aromatic N) is 6. The lowest BCUT2D eigenvalue weighted by Crippen LogP contribution is -2.49. The molecule has 230 valence electrons. The zero-order valence-electron chi connectivity index (χ0n) is 25.6. The van der Waals surface area contributed by atoms with Crippen LogP contribution in [0.3, 0.4) is 0 Å². The largest absolute Gasteiger partial charge is 0.465 e. The first-order chi connectivity index (χ1) is 20.2. The summed E-state index contributed by atoms with van der Waals surface area (Å²) in [5.74, 6) is -0.423. The SMILES string of the molecule is CC(C)(C)NC(=O)c1cn(COCC[Si](C)(C)C)c2ncc(-c3nn(CCC4CN(C(=O)O)C4)c4cc(F)ccc34)nc12. The molecule has 0 spiro atoms. The lowest BCUT2D eigenvalue weighted by Gasteiger charge is -2.37. The molecule has 1 aliphatic rings. The van der Waals surface area contributed by atoms with Gasteiger partial charge in [-0.05, 0) is 57.4 Å². The van der Waals surface area contributed by atoms with E-state index in [0.29, 0.717) is 71.7 Å². The summed E-state index contributed by atoms with van der Waals surface area (Å²) in [4.78, 5) is 35.5. The molecule has 13 heteroatoms. The Morgan fingerprint density at radius 1 is 1.21 bits per heavy atom. The van der Waals surface area contributed by atoms with Crippen LogP contribution in [0, 0.1) is 11.7 Å². The van der Waals surface area contributed by atoms with Crippen molar-refractivity contribution in [2.75, 3.05) is 19.7 Å². The topological polar surface area (TPSA) is 127 Å². The number of rotatable bonds is 10. The molecule has 0 aliphatic carbocycles. The predicted molar refractivity (Wildman–Crippen MR) is 165 cm³/mol. The molecule has 4 aromatic rings. The van der Waals surface area contributed by atoms with E-state index < -0.39 is 19.7 Å². The van der Waals surface area contributed by atoms with Gasteiger partial charge in [-0.25, -0.2) is 19.2 Å². The number of carboxylic acid groups (broad SMARTS) is 1. The number of carbonyl (C=O) groups is 2. The fraction of sp³-hybridized carbons (Fsp3) is 0.500. The molecular formula is C30H40FN7O4Si. The Hall–Kier alpha value is -3.84. The lowest BCUT2D eigenvalue weighted by atomic mass is 9.97. The maximum absolute atomic E-state index is 14.3.